The fraction of sp³-hybridized carbons (Fsp3) is 0.125. The molecule has 0 aliphatic carbocycles. The standard InChI is InChI=1S/C16H15NO3/c1-17(2)15-10-12(8-9-13(15)11-18)16(19)20-14-6-4-3-5-7-14/h3-11H,1-2H3. The number of nitrogens with zero attached hydrogens (tertiary/aromatic N) is 1. The van der Waals surface area contributed by atoms with E-state index in [1.807, 2.05) is 20.2 Å². The highest BCUT2D eigenvalue weighted by Crippen LogP contribution is 2.20. The van der Waals surface area contributed by atoms with Gasteiger partial charge in [-0.2, -0.15) is 0 Å². The molecule has 4 nitrogen and oxygen atoms in total. The maximum Gasteiger partial charge on any atom is 0.343 e. The van der Waals surface area contributed by atoms with Crippen LogP contribution in [0.25, 0.3) is 0 Å². The lowest BCUT2D eigenvalue weighted by Gasteiger charge is -2.15. The molecule has 0 fully saturated rings. The van der Waals surface area contributed by atoms with E-state index >= 15 is 0 Å². The van der Waals surface area contributed by atoms with Crippen molar-refractivity contribution < 1.29 is 14.3 Å². The summed E-state index contributed by atoms with van der Waals surface area (Å²) < 4.78 is 5.26. The van der Waals surface area contributed by atoms with Crippen LogP contribution in [0.15, 0.2) is 48.5 Å². The monoisotopic (exact) mass is 269 g/mol. The number of rotatable bonds is 4. The number of hydrogen-bond donors (Lipinski definition) is 0. The van der Waals surface area contributed by atoms with Crippen LogP contribution in [0.1, 0.15) is 20.7 Å². The van der Waals surface area contributed by atoms with Gasteiger partial charge in [-0.1, -0.05) is 18.2 Å². The first-order valence-electron chi connectivity index (χ1n) is 6.15. The predicted octanol–water partition coefficient (Wildman–Crippen LogP) is 2.78. The Bertz CT molecular complexity index is 621. The van der Waals surface area contributed by atoms with E-state index in [9.17, 15) is 9.59 Å². The van der Waals surface area contributed by atoms with Crippen LogP contribution in [-0.2, 0) is 0 Å². The second-order valence-electron chi connectivity index (χ2n) is 4.49. The fourth-order valence-corrected chi connectivity index (χ4v) is 1.81. The smallest absolute Gasteiger partial charge is 0.343 e. The quantitative estimate of drug-likeness (QED) is 0.486. The number of esters is 1. The highest BCUT2D eigenvalue weighted by Gasteiger charge is 2.12. The van der Waals surface area contributed by atoms with Crippen LogP contribution in [0.3, 0.4) is 0 Å². The summed E-state index contributed by atoms with van der Waals surface area (Å²) in [6.45, 7) is 0. The number of para-hydroxylation sites is 1. The number of benzene rings is 2. The highest BCUT2D eigenvalue weighted by molar-refractivity contribution is 5.95. The Labute approximate surface area is 117 Å². The molecule has 4 heteroatoms. The molecule has 0 saturated carbocycles. The first-order chi connectivity index (χ1) is 9.61. The SMILES string of the molecule is CN(C)c1cc(C(=O)Oc2ccccc2)ccc1C=O. The number of carbonyl (C=O) groups excluding carboxylic acids is 2. The summed E-state index contributed by atoms with van der Waals surface area (Å²) in [6.07, 6.45) is 0.766. The third-order valence-electron chi connectivity index (χ3n) is 2.83. The number of hydrogen-bond acceptors (Lipinski definition) is 4. The zero-order chi connectivity index (χ0) is 14.5. The molecule has 2 rings (SSSR count). The molecule has 0 heterocycles. The topological polar surface area (TPSA) is 46.6 Å². The third-order valence-corrected chi connectivity index (χ3v) is 2.83. The second kappa shape index (κ2) is 6.02. The first-order valence-corrected chi connectivity index (χ1v) is 6.15. The average molecular weight is 269 g/mol. The van der Waals surface area contributed by atoms with Gasteiger partial charge in [0.15, 0.2) is 6.29 Å². The molecule has 0 saturated heterocycles. The Hall–Kier alpha value is -2.62. The van der Waals surface area contributed by atoms with Crippen molar-refractivity contribution in [3.05, 3.63) is 59.7 Å². The predicted molar refractivity (Wildman–Crippen MR) is 77.6 cm³/mol. The Morgan fingerprint density at radius 2 is 1.80 bits per heavy atom. The molecular weight excluding hydrogens is 254 g/mol. The van der Waals surface area contributed by atoms with Gasteiger partial charge in [0.2, 0.25) is 0 Å². The van der Waals surface area contributed by atoms with Gasteiger partial charge in [-0.25, -0.2) is 4.79 Å². The minimum atomic E-state index is -0.447. The molecule has 0 amide bonds. The van der Waals surface area contributed by atoms with E-state index in [2.05, 4.69) is 0 Å². The van der Waals surface area contributed by atoms with E-state index in [-0.39, 0.29) is 0 Å². The largest absolute Gasteiger partial charge is 0.423 e. The Balaban J connectivity index is 2.26. The minimum absolute atomic E-state index is 0.406. The summed E-state index contributed by atoms with van der Waals surface area (Å²) >= 11 is 0. The van der Waals surface area contributed by atoms with Crippen molar-refractivity contribution in [3.63, 3.8) is 0 Å². The van der Waals surface area contributed by atoms with Crippen molar-refractivity contribution in [2.24, 2.45) is 0 Å². The number of anilines is 1. The van der Waals surface area contributed by atoms with Crippen molar-refractivity contribution in [3.8, 4) is 5.75 Å². The summed E-state index contributed by atoms with van der Waals surface area (Å²) in [4.78, 5) is 24.8. The third kappa shape index (κ3) is 3.03. The van der Waals surface area contributed by atoms with Gasteiger partial charge in [0, 0.05) is 25.3 Å². The Morgan fingerprint density at radius 3 is 2.40 bits per heavy atom. The van der Waals surface area contributed by atoms with Crippen LogP contribution in [0, 0.1) is 0 Å². The second-order valence-corrected chi connectivity index (χ2v) is 4.49. The van der Waals surface area contributed by atoms with Gasteiger partial charge in [0.25, 0.3) is 0 Å². The van der Waals surface area contributed by atoms with E-state index in [0.717, 1.165) is 6.29 Å². The van der Waals surface area contributed by atoms with E-state index in [0.29, 0.717) is 22.6 Å². The minimum Gasteiger partial charge on any atom is -0.423 e. The zero-order valence-corrected chi connectivity index (χ0v) is 11.4. The summed E-state index contributed by atoms with van der Waals surface area (Å²) in [5.74, 6) is 0.0418. The number of ether oxygens (including phenoxy) is 1. The van der Waals surface area contributed by atoms with Crippen LogP contribution < -0.4 is 9.64 Å². The van der Waals surface area contributed by atoms with Crippen LogP contribution in [0.4, 0.5) is 5.69 Å². The van der Waals surface area contributed by atoms with Crippen LogP contribution in [0.5, 0.6) is 5.75 Å². The molecule has 20 heavy (non-hydrogen) atoms. The van der Waals surface area contributed by atoms with E-state index in [4.69, 9.17) is 4.74 Å². The molecule has 0 aliphatic heterocycles. The molecule has 0 atom stereocenters. The van der Waals surface area contributed by atoms with Crippen LogP contribution >= 0.6 is 0 Å². The van der Waals surface area contributed by atoms with Gasteiger partial charge in [-0.3, -0.25) is 4.79 Å². The molecule has 0 bridgehead atoms. The van der Waals surface area contributed by atoms with Gasteiger partial charge < -0.3 is 9.64 Å². The normalized spacial score (nSPS) is 9.90. The molecule has 0 aliphatic rings. The molecule has 102 valence electrons. The molecule has 2 aromatic carbocycles. The molecular formula is C16H15NO3. The number of aldehydes is 1. The lowest BCUT2D eigenvalue weighted by molar-refractivity contribution is 0.0734. The molecule has 0 spiro atoms. The van der Waals surface area contributed by atoms with Crippen molar-refractivity contribution in [2.75, 3.05) is 19.0 Å². The van der Waals surface area contributed by atoms with Crippen LogP contribution in [0.2, 0.25) is 0 Å². The van der Waals surface area contributed by atoms with E-state index in [1.165, 1.54) is 0 Å². The van der Waals surface area contributed by atoms with Gasteiger partial charge in [-0.05, 0) is 30.3 Å². The van der Waals surface area contributed by atoms with Crippen LogP contribution in [-0.4, -0.2) is 26.4 Å². The van der Waals surface area contributed by atoms with Crippen molar-refractivity contribution in [2.45, 2.75) is 0 Å². The van der Waals surface area contributed by atoms with Gasteiger partial charge in [0.1, 0.15) is 5.75 Å². The molecule has 0 N–H and O–H groups in total. The highest BCUT2D eigenvalue weighted by atomic mass is 16.5. The molecule has 2 aromatic rings. The molecule has 0 unspecified atom stereocenters. The summed E-state index contributed by atoms with van der Waals surface area (Å²) in [7, 11) is 3.63. The molecule has 0 radical (unpaired) electrons. The van der Waals surface area contributed by atoms with Gasteiger partial charge >= 0.3 is 5.97 Å². The van der Waals surface area contributed by atoms with Gasteiger partial charge in [-0.15, -0.1) is 0 Å². The summed E-state index contributed by atoms with van der Waals surface area (Å²) in [5, 5.41) is 0. The maximum absolute atomic E-state index is 12.1. The first kappa shape index (κ1) is 13.8. The maximum atomic E-state index is 12.1. The number of carbonyl (C=O) groups is 2. The fourth-order valence-electron chi connectivity index (χ4n) is 1.81. The average Bonchev–Trinajstić information content (AvgIpc) is 2.47. The van der Waals surface area contributed by atoms with Crippen molar-refractivity contribution >= 4 is 17.9 Å². The van der Waals surface area contributed by atoms with E-state index in [1.54, 1.807) is 47.4 Å². The Kier molecular flexibility index (Phi) is 4.15. The molecule has 0 aromatic heterocycles. The summed E-state index contributed by atoms with van der Waals surface area (Å²) in [5.41, 5.74) is 1.62. The van der Waals surface area contributed by atoms with Crippen molar-refractivity contribution in [1.29, 1.82) is 0 Å². The lowest BCUT2D eigenvalue weighted by atomic mass is 10.1. The summed E-state index contributed by atoms with van der Waals surface area (Å²) in [6, 6.07) is 13.7. The zero-order valence-electron chi connectivity index (χ0n) is 11.4. The van der Waals surface area contributed by atoms with Gasteiger partial charge in [0.05, 0.1) is 5.56 Å². The van der Waals surface area contributed by atoms with E-state index < -0.39 is 5.97 Å². The lowest BCUT2D eigenvalue weighted by Crippen LogP contribution is -2.14. The Morgan fingerprint density at radius 1 is 1.10 bits per heavy atom. The van der Waals surface area contributed by atoms with Crippen molar-refractivity contribution in [1.82, 2.24) is 0 Å².